The van der Waals surface area contributed by atoms with E-state index in [-0.39, 0.29) is 5.41 Å². The van der Waals surface area contributed by atoms with Crippen LogP contribution in [0.1, 0.15) is 36.1 Å². The Hall–Kier alpha value is -7.42. The zero-order valence-corrected chi connectivity index (χ0v) is 35.0. The van der Waals surface area contributed by atoms with Crippen LogP contribution in [0.3, 0.4) is 0 Å². The van der Waals surface area contributed by atoms with E-state index >= 15 is 0 Å². The van der Waals surface area contributed by atoms with Gasteiger partial charge in [0.15, 0.2) is 0 Å². The Morgan fingerprint density at radius 1 is 0.361 bits per heavy atom. The minimum absolute atomic E-state index is 0.0982. The van der Waals surface area contributed by atoms with Crippen molar-refractivity contribution >= 4 is 38.9 Å². The van der Waals surface area contributed by atoms with Crippen molar-refractivity contribution in [3.8, 4) is 50.2 Å². The number of fused-ring (bicyclic) bond motifs is 6. The molecule has 0 atom stereocenters. The average Bonchev–Trinajstić information content (AvgIpc) is 3.75. The molecule has 1 aliphatic rings. The number of rotatable bonds is 7. The minimum atomic E-state index is -0.0982. The second kappa shape index (κ2) is 14.4. The van der Waals surface area contributed by atoms with Crippen molar-refractivity contribution in [3.63, 3.8) is 0 Å². The van der Waals surface area contributed by atoms with Crippen LogP contribution in [-0.4, -0.2) is 4.57 Å². The van der Waals surface area contributed by atoms with Crippen LogP contribution in [0.2, 0.25) is 0 Å². The Morgan fingerprint density at radius 2 is 0.934 bits per heavy atom. The van der Waals surface area contributed by atoms with Crippen LogP contribution >= 0.6 is 0 Å². The molecule has 0 N–H and O–H groups in total. The van der Waals surface area contributed by atoms with E-state index in [0.29, 0.717) is 0 Å². The summed E-state index contributed by atoms with van der Waals surface area (Å²) in [6, 6.07) is 76.1. The number of benzene rings is 9. The van der Waals surface area contributed by atoms with Crippen molar-refractivity contribution in [2.24, 2.45) is 0 Å². The molecule has 292 valence electrons. The van der Waals surface area contributed by atoms with E-state index in [9.17, 15) is 0 Å². The molecule has 0 saturated carbocycles. The van der Waals surface area contributed by atoms with Crippen LogP contribution in [0, 0.1) is 13.8 Å². The Labute approximate surface area is 358 Å². The first kappa shape index (κ1) is 36.6. The Morgan fingerprint density at radius 3 is 1.70 bits per heavy atom. The minimum Gasteiger partial charge on any atom is -0.310 e. The molecule has 9 aromatic carbocycles. The van der Waals surface area contributed by atoms with Gasteiger partial charge in [0.2, 0.25) is 0 Å². The molecule has 1 aliphatic carbocycles. The van der Waals surface area contributed by atoms with Gasteiger partial charge < -0.3 is 9.47 Å². The smallest absolute Gasteiger partial charge is 0.0541 e. The summed E-state index contributed by atoms with van der Waals surface area (Å²) in [5.41, 5.74) is 22.1. The highest BCUT2D eigenvalue weighted by Gasteiger charge is 2.35. The third-order valence-electron chi connectivity index (χ3n) is 12.9. The van der Waals surface area contributed by atoms with E-state index < -0.39 is 0 Å². The van der Waals surface area contributed by atoms with Gasteiger partial charge in [-0.25, -0.2) is 0 Å². The van der Waals surface area contributed by atoms with Gasteiger partial charge in [-0.15, -0.1) is 0 Å². The third-order valence-corrected chi connectivity index (χ3v) is 12.9. The fourth-order valence-corrected chi connectivity index (χ4v) is 9.83. The molecule has 0 bridgehead atoms. The van der Waals surface area contributed by atoms with Crippen molar-refractivity contribution in [3.05, 3.63) is 229 Å². The molecule has 1 aromatic heterocycles. The van der Waals surface area contributed by atoms with Crippen LogP contribution in [0.4, 0.5) is 17.1 Å². The van der Waals surface area contributed by atoms with Crippen molar-refractivity contribution in [1.29, 1.82) is 0 Å². The van der Waals surface area contributed by atoms with Crippen molar-refractivity contribution < 1.29 is 0 Å². The fraction of sp³-hybridized carbons (Fsp3) is 0.0847. The van der Waals surface area contributed by atoms with Crippen molar-refractivity contribution in [2.45, 2.75) is 33.1 Å². The first-order valence-corrected chi connectivity index (χ1v) is 21.3. The maximum atomic E-state index is 2.43. The van der Waals surface area contributed by atoms with Crippen LogP contribution < -0.4 is 4.90 Å². The standard InChI is InChI=1S/C59H46N2/c1-39-13-12-16-44(33-39)46-34-40(2)35-50(36-46)61-57-20-11-9-18-53(57)54-37-45(25-32-58(54)61)43-23-28-48(29-24-43)60(47-26-21-42(22-27-47)41-14-6-5-7-15-41)49-30-31-52-51-17-8-10-19-55(51)59(3,4)56(52)38-49/h5-38H,1-4H3. The molecule has 0 radical (unpaired) electrons. The number of para-hydroxylation sites is 1. The number of anilines is 3. The van der Waals surface area contributed by atoms with Crippen LogP contribution in [0.15, 0.2) is 206 Å². The highest BCUT2D eigenvalue weighted by Crippen LogP contribution is 2.51. The second-order valence-corrected chi connectivity index (χ2v) is 17.2. The predicted molar refractivity (Wildman–Crippen MR) is 259 cm³/mol. The van der Waals surface area contributed by atoms with Crippen molar-refractivity contribution in [1.82, 2.24) is 4.57 Å². The monoisotopic (exact) mass is 782 g/mol. The van der Waals surface area contributed by atoms with Gasteiger partial charge in [0, 0.05) is 38.9 Å². The number of hydrogen-bond acceptors (Lipinski definition) is 1. The molecule has 0 saturated heterocycles. The van der Waals surface area contributed by atoms with Gasteiger partial charge in [-0.2, -0.15) is 0 Å². The zero-order chi connectivity index (χ0) is 41.2. The second-order valence-electron chi connectivity index (χ2n) is 17.2. The van der Waals surface area contributed by atoms with Crippen LogP contribution in [0.25, 0.3) is 72.0 Å². The molecule has 2 nitrogen and oxygen atoms in total. The molecule has 0 aliphatic heterocycles. The molecule has 0 spiro atoms. The highest BCUT2D eigenvalue weighted by molar-refractivity contribution is 6.10. The average molecular weight is 783 g/mol. The van der Waals surface area contributed by atoms with Gasteiger partial charge in [-0.05, 0) is 142 Å². The number of hydrogen-bond donors (Lipinski definition) is 0. The maximum Gasteiger partial charge on any atom is 0.0541 e. The molecule has 2 heteroatoms. The molecule has 0 amide bonds. The molecular weight excluding hydrogens is 737 g/mol. The molecule has 11 rings (SSSR count). The summed E-state index contributed by atoms with van der Waals surface area (Å²) < 4.78 is 2.43. The van der Waals surface area contributed by atoms with E-state index in [1.54, 1.807) is 0 Å². The molecule has 0 unspecified atom stereocenters. The number of aromatic nitrogens is 1. The quantitative estimate of drug-likeness (QED) is 0.156. The van der Waals surface area contributed by atoms with Gasteiger partial charge in [0.05, 0.1) is 11.0 Å². The van der Waals surface area contributed by atoms with E-state index in [1.807, 2.05) is 0 Å². The van der Waals surface area contributed by atoms with Crippen LogP contribution in [-0.2, 0) is 5.41 Å². The molecule has 1 heterocycles. The molecular formula is C59H46N2. The first-order valence-electron chi connectivity index (χ1n) is 21.3. The lowest BCUT2D eigenvalue weighted by Gasteiger charge is -2.28. The molecule has 61 heavy (non-hydrogen) atoms. The Bertz CT molecular complexity index is 3280. The van der Waals surface area contributed by atoms with Gasteiger partial charge in [-0.3, -0.25) is 0 Å². The number of nitrogens with zero attached hydrogens (tertiary/aromatic N) is 2. The number of aryl methyl sites for hydroxylation is 2. The van der Waals surface area contributed by atoms with E-state index in [4.69, 9.17) is 0 Å². The highest BCUT2D eigenvalue weighted by atomic mass is 15.1. The fourth-order valence-electron chi connectivity index (χ4n) is 9.83. The molecule has 10 aromatic rings. The summed E-state index contributed by atoms with van der Waals surface area (Å²) in [5, 5.41) is 2.50. The SMILES string of the molecule is Cc1cccc(-c2cc(C)cc(-n3c4ccccc4c4cc(-c5ccc(N(c6ccc(-c7ccccc7)cc6)c6ccc7c(c6)C(C)(C)c6ccccc6-7)cc5)ccc43)c2)c1. The zero-order valence-electron chi connectivity index (χ0n) is 35.0. The summed E-state index contributed by atoms with van der Waals surface area (Å²) in [6.07, 6.45) is 0. The van der Waals surface area contributed by atoms with Gasteiger partial charge >= 0.3 is 0 Å². The van der Waals surface area contributed by atoms with E-state index in [1.165, 1.54) is 94.3 Å². The van der Waals surface area contributed by atoms with Gasteiger partial charge in [-0.1, -0.05) is 159 Å². The predicted octanol–water partition coefficient (Wildman–Crippen LogP) is 16.2. The topological polar surface area (TPSA) is 8.17 Å². The Balaban J connectivity index is 0.994. The van der Waals surface area contributed by atoms with E-state index in [0.717, 1.165) is 17.1 Å². The normalized spacial score (nSPS) is 12.7. The van der Waals surface area contributed by atoms with Crippen molar-refractivity contribution in [2.75, 3.05) is 4.90 Å². The summed E-state index contributed by atoms with van der Waals surface area (Å²) in [5.74, 6) is 0. The van der Waals surface area contributed by atoms with Gasteiger partial charge in [0.25, 0.3) is 0 Å². The Kier molecular flexibility index (Phi) is 8.65. The lowest BCUT2D eigenvalue weighted by atomic mass is 9.82. The van der Waals surface area contributed by atoms with E-state index in [2.05, 4.69) is 243 Å². The van der Waals surface area contributed by atoms with Gasteiger partial charge in [0.1, 0.15) is 0 Å². The summed E-state index contributed by atoms with van der Waals surface area (Å²) in [4.78, 5) is 2.40. The molecule has 0 fully saturated rings. The lowest BCUT2D eigenvalue weighted by Crippen LogP contribution is -2.16. The summed E-state index contributed by atoms with van der Waals surface area (Å²) >= 11 is 0. The van der Waals surface area contributed by atoms with Crippen LogP contribution in [0.5, 0.6) is 0 Å². The largest absolute Gasteiger partial charge is 0.310 e. The summed E-state index contributed by atoms with van der Waals surface area (Å²) in [7, 11) is 0. The maximum absolute atomic E-state index is 2.43. The first-order chi connectivity index (χ1) is 29.8. The summed E-state index contributed by atoms with van der Waals surface area (Å²) in [6.45, 7) is 9.07. The third kappa shape index (κ3) is 6.26. The lowest BCUT2D eigenvalue weighted by molar-refractivity contribution is 0.660.